The number of rotatable bonds is 14. The molecule has 2 N–H and O–H groups in total. The first-order chi connectivity index (χ1) is 17.3. The van der Waals surface area contributed by atoms with Crippen LogP contribution in [0.25, 0.3) is 6.08 Å². The number of esters is 1. The maximum Gasteiger partial charge on any atom is 0.330 e. The van der Waals surface area contributed by atoms with Gasteiger partial charge in [0, 0.05) is 18.2 Å². The van der Waals surface area contributed by atoms with E-state index in [4.69, 9.17) is 9.47 Å². The van der Waals surface area contributed by atoms with Gasteiger partial charge in [-0.3, -0.25) is 0 Å². The summed E-state index contributed by atoms with van der Waals surface area (Å²) in [6.07, 6.45) is 7.59. The Morgan fingerprint density at radius 1 is 1.11 bits per heavy atom. The molecular weight excluding hydrogens is 450 g/mol. The van der Waals surface area contributed by atoms with Gasteiger partial charge in [0.2, 0.25) is 0 Å². The van der Waals surface area contributed by atoms with Crippen molar-refractivity contribution in [2.75, 3.05) is 19.8 Å². The van der Waals surface area contributed by atoms with E-state index in [9.17, 15) is 9.90 Å². The fourth-order valence-corrected chi connectivity index (χ4v) is 5.16. The summed E-state index contributed by atoms with van der Waals surface area (Å²) in [5.74, 6) is 0.275. The van der Waals surface area contributed by atoms with Gasteiger partial charge in [-0.2, -0.15) is 0 Å². The zero-order valence-corrected chi connectivity index (χ0v) is 22.3. The molecule has 0 saturated carbocycles. The van der Waals surface area contributed by atoms with Crippen LogP contribution < -0.4 is 5.32 Å². The summed E-state index contributed by atoms with van der Waals surface area (Å²) < 4.78 is 11.2. The van der Waals surface area contributed by atoms with Crippen molar-refractivity contribution in [3.05, 3.63) is 76.9 Å². The van der Waals surface area contributed by atoms with E-state index >= 15 is 0 Å². The number of aliphatic hydroxyl groups is 1. The monoisotopic (exact) mass is 493 g/mol. The summed E-state index contributed by atoms with van der Waals surface area (Å²) in [7, 11) is 0. The summed E-state index contributed by atoms with van der Waals surface area (Å²) in [6, 6.07) is 16.7. The van der Waals surface area contributed by atoms with Crippen LogP contribution in [0, 0.1) is 5.92 Å². The quantitative estimate of drug-likeness (QED) is 0.263. The van der Waals surface area contributed by atoms with Gasteiger partial charge in [0.1, 0.15) is 0 Å². The van der Waals surface area contributed by atoms with Crippen LogP contribution in [0.15, 0.2) is 54.6 Å². The number of fused-ring (bicyclic) bond motifs is 1. The maximum atomic E-state index is 11.8. The van der Waals surface area contributed by atoms with Gasteiger partial charge in [-0.15, -0.1) is 0 Å². The molecule has 0 aromatic heterocycles. The second kappa shape index (κ2) is 13.7. The van der Waals surface area contributed by atoms with Crippen LogP contribution in [0.5, 0.6) is 0 Å². The SMILES string of the molecule is CCC[C@@H](OC[C@H](O)CNC(C)(C)CC1Cc2ccccc2C1)c1ccccc1C=CC(=O)OCC. The summed E-state index contributed by atoms with van der Waals surface area (Å²) in [5.41, 5.74) is 4.83. The van der Waals surface area contributed by atoms with Crippen molar-refractivity contribution in [2.45, 2.75) is 77.5 Å². The van der Waals surface area contributed by atoms with Crippen molar-refractivity contribution in [1.82, 2.24) is 5.32 Å². The highest BCUT2D eigenvalue weighted by atomic mass is 16.5. The Bertz CT molecular complexity index is 975. The van der Waals surface area contributed by atoms with Crippen LogP contribution in [0.3, 0.4) is 0 Å². The minimum atomic E-state index is -0.605. The lowest BCUT2D eigenvalue weighted by atomic mass is 9.88. The standard InChI is InChI=1S/C31H43NO4/c1-5-11-29(28-15-10-9-12-24(28)16-17-30(34)35-6-2)36-22-27(33)21-32-31(3,4)20-23-18-25-13-7-8-14-26(25)19-23/h7-10,12-17,23,27,29,32-33H,5-6,11,18-22H2,1-4H3/t27-,29-/m1/s1. The van der Waals surface area contributed by atoms with Gasteiger partial charge >= 0.3 is 5.97 Å². The number of carbonyl (C=O) groups excluding carboxylic acids is 1. The predicted molar refractivity (Wildman–Crippen MR) is 146 cm³/mol. The van der Waals surface area contributed by atoms with Crippen LogP contribution in [0.1, 0.15) is 75.3 Å². The molecule has 5 nitrogen and oxygen atoms in total. The Hall–Kier alpha value is -2.47. The molecule has 2 aromatic rings. The highest BCUT2D eigenvalue weighted by Gasteiger charge is 2.28. The van der Waals surface area contributed by atoms with Crippen LogP contribution in [-0.4, -0.2) is 42.5 Å². The third-order valence-electron chi connectivity index (χ3n) is 6.82. The van der Waals surface area contributed by atoms with E-state index in [1.807, 2.05) is 24.3 Å². The Balaban J connectivity index is 1.51. The molecule has 3 rings (SSSR count). The molecule has 0 fully saturated rings. The zero-order chi connectivity index (χ0) is 26.0. The second-order valence-corrected chi connectivity index (χ2v) is 10.5. The number of carbonyl (C=O) groups is 1. The molecule has 0 aliphatic heterocycles. The van der Waals surface area contributed by atoms with Gasteiger partial charge < -0.3 is 19.9 Å². The Morgan fingerprint density at radius 2 is 1.78 bits per heavy atom. The fraction of sp³-hybridized carbons (Fsp3) is 0.516. The van der Waals surface area contributed by atoms with E-state index in [0.717, 1.165) is 43.2 Å². The first-order valence-corrected chi connectivity index (χ1v) is 13.4. The molecule has 2 aromatic carbocycles. The average Bonchev–Trinajstić information content (AvgIpc) is 3.26. The summed E-state index contributed by atoms with van der Waals surface area (Å²) >= 11 is 0. The molecule has 0 spiro atoms. The van der Waals surface area contributed by atoms with E-state index in [1.54, 1.807) is 13.0 Å². The maximum absolute atomic E-state index is 11.8. The van der Waals surface area contributed by atoms with Gasteiger partial charge in [-0.05, 0) is 80.7 Å². The van der Waals surface area contributed by atoms with Gasteiger partial charge in [-0.1, -0.05) is 61.9 Å². The normalized spacial score (nSPS) is 15.7. The smallest absolute Gasteiger partial charge is 0.330 e. The molecule has 0 unspecified atom stereocenters. The van der Waals surface area contributed by atoms with E-state index in [0.29, 0.717) is 19.1 Å². The molecule has 0 heterocycles. The van der Waals surface area contributed by atoms with Gasteiger partial charge in [0.25, 0.3) is 0 Å². The number of β-amino-alcohol motifs (C(OH)–C–C–N with tert-alkyl or cyclic N) is 1. The van der Waals surface area contributed by atoms with E-state index in [1.165, 1.54) is 17.2 Å². The average molecular weight is 494 g/mol. The number of benzene rings is 2. The third-order valence-corrected chi connectivity index (χ3v) is 6.82. The predicted octanol–water partition coefficient (Wildman–Crippen LogP) is 5.65. The summed E-state index contributed by atoms with van der Waals surface area (Å²) in [4.78, 5) is 11.8. The van der Waals surface area contributed by atoms with E-state index < -0.39 is 6.10 Å². The lowest BCUT2D eigenvalue weighted by Gasteiger charge is -2.31. The largest absolute Gasteiger partial charge is 0.463 e. The molecule has 0 saturated heterocycles. The lowest BCUT2D eigenvalue weighted by molar-refractivity contribution is -0.137. The van der Waals surface area contributed by atoms with Crippen molar-refractivity contribution >= 4 is 12.0 Å². The van der Waals surface area contributed by atoms with Crippen molar-refractivity contribution in [1.29, 1.82) is 0 Å². The summed E-state index contributed by atoms with van der Waals surface area (Å²) in [5, 5.41) is 14.3. The topological polar surface area (TPSA) is 67.8 Å². The molecule has 36 heavy (non-hydrogen) atoms. The molecule has 5 heteroatoms. The highest BCUT2D eigenvalue weighted by Crippen LogP contribution is 2.32. The van der Waals surface area contributed by atoms with E-state index in [2.05, 4.69) is 50.4 Å². The van der Waals surface area contributed by atoms with Gasteiger partial charge in [-0.25, -0.2) is 4.79 Å². The number of hydrogen-bond acceptors (Lipinski definition) is 5. The first kappa shape index (κ1) is 28.1. The molecular formula is C31H43NO4. The molecule has 1 aliphatic rings. The molecule has 1 aliphatic carbocycles. The number of hydrogen-bond donors (Lipinski definition) is 2. The molecule has 0 amide bonds. The van der Waals surface area contributed by atoms with Crippen LogP contribution in [0.2, 0.25) is 0 Å². The first-order valence-electron chi connectivity index (χ1n) is 13.4. The lowest BCUT2D eigenvalue weighted by Crippen LogP contribution is -2.45. The van der Waals surface area contributed by atoms with Crippen molar-refractivity contribution < 1.29 is 19.4 Å². The number of nitrogens with one attached hydrogen (secondary N) is 1. The highest BCUT2D eigenvalue weighted by molar-refractivity contribution is 5.87. The minimum absolute atomic E-state index is 0.0685. The number of aliphatic hydroxyl groups excluding tert-OH is 1. The van der Waals surface area contributed by atoms with Crippen molar-refractivity contribution in [3.8, 4) is 0 Å². The molecule has 196 valence electrons. The van der Waals surface area contributed by atoms with Crippen LogP contribution in [0.4, 0.5) is 0 Å². The molecule has 2 atom stereocenters. The fourth-order valence-electron chi connectivity index (χ4n) is 5.16. The van der Waals surface area contributed by atoms with Crippen molar-refractivity contribution in [3.63, 3.8) is 0 Å². The minimum Gasteiger partial charge on any atom is -0.463 e. The summed E-state index contributed by atoms with van der Waals surface area (Å²) in [6.45, 7) is 9.43. The third kappa shape index (κ3) is 8.58. The van der Waals surface area contributed by atoms with Crippen LogP contribution >= 0.6 is 0 Å². The zero-order valence-electron chi connectivity index (χ0n) is 22.3. The molecule has 0 radical (unpaired) electrons. The molecule has 0 bridgehead atoms. The van der Waals surface area contributed by atoms with Crippen molar-refractivity contribution in [2.24, 2.45) is 5.92 Å². The van der Waals surface area contributed by atoms with Gasteiger partial charge in [0.05, 0.1) is 25.4 Å². The Kier molecular flexibility index (Phi) is 10.7. The Labute approximate surface area is 216 Å². The van der Waals surface area contributed by atoms with E-state index in [-0.39, 0.29) is 24.2 Å². The Morgan fingerprint density at radius 3 is 2.44 bits per heavy atom. The van der Waals surface area contributed by atoms with Crippen LogP contribution in [-0.2, 0) is 27.1 Å². The number of ether oxygens (including phenoxy) is 2. The van der Waals surface area contributed by atoms with Gasteiger partial charge in [0.15, 0.2) is 0 Å². The second-order valence-electron chi connectivity index (χ2n) is 10.5.